The van der Waals surface area contributed by atoms with Crippen LogP contribution in [0.2, 0.25) is 0 Å². The van der Waals surface area contributed by atoms with Crippen LogP contribution in [0.3, 0.4) is 0 Å². The van der Waals surface area contributed by atoms with Gasteiger partial charge in [-0.25, -0.2) is 9.10 Å². The lowest BCUT2D eigenvalue weighted by molar-refractivity contribution is 0.0686. The number of nitrogens with zero attached hydrogens (tertiary/aromatic N) is 3. The minimum absolute atomic E-state index is 0.338. The Morgan fingerprint density at radius 3 is 2.90 bits per heavy atom. The van der Waals surface area contributed by atoms with Crippen molar-refractivity contribution in [3.05, 3.63) is 41.5 Å². The first-order valence-corrected chi connectivity index (χ1v) is 7.30. The Balaban J connectivity index is 1.79. The lowest BCUT2D eigenvalue weighted by Crippen LogP contribution is -2.27. The van der Waals surface area contributed by atoms with Crippen LogP contribution in [0.25, 0.3) is 0 Å². The first kappa shape index (κ1) is 13.3. The van der Waals surface area contributed by atoms with Crippen molar-refractivity contribution < 1.29 is 9.90 Å². The normalized spacial score (nSPS) is 15.3. The first-order valence-electron chi connectivity index (χ1n) is 6.53. The Morgan fingerprint density at radius 1 is 1.40 bits per heavy atom. The molecule has 0 amide bonds. The topological polar surface area (TPSA) is 50.4 Å². The van der Waals surface area contributed by atoms with Crippen LogP contribution >= 0.6 is 11.9 Å². The summed E-state index contributed by atoms with van der Waals surface area (Å²) in [6, 6.07) is 5.96. The Hall–Kier alpha value is -1.66. The molecule has 0 spiro atoms. The highest BCUT2D eigenvalue weighted by atomic mass is 32.2. The molecule has 0 aliphatic carbocycles. The minimum atomic E-state index is -0.880. The van der Waals surface area contributed by atoms with Gasteiger partial charge in [-0.2, -0.15) is 0 Å². The van der Waals surface area contributed by atoms with Gasteiger partial charge in [0.05, 0.1) is 0 Å². The van der Waals surface area contributed by atoms with Crippen LogP contribution in [-0.4, -0.2) is 31.1 Å². The van der Waals surface area contributed by atoms with E-state index < -0.39 is 5.97 Å². The number of hydrogen-bond acceptors (Lipinski definition) is 3. The van der Waals surface area contributed by atoms with Crippen molar-refractivity contribution in [1.29, 1.82) is 0 Å². The summed E-state index contributed by atoms with van der Waals surface area (Å²) in [4.78, 5) is 12.2. The highest BCUT2D eigenvalue weighted by Gasteiger charge is 2.20. The van der Waals surface area contributed by atoms with Crippen LogP contribution < -0.4 is 0 Å². The third-order valence-corrected chi connectivity index (χ3v) is 4.97. The maximum atomic E-state index is 11.2. The van der Waals surface area contributed by atoms with E-state index in [1.54, 1.807) is 29.6 Å². The summed E-state index contributed by atoms with van der Waals surface area (Å²) in [6.07, 6.45) is 2.10. The zero-order valence-corrected chi connectivity index (χ0v) is 12.4. The molecule has 0 saturated heterocycles. The van der Waals surface area contributed by atoms with Crippen LogP contribution in [0.15, 0.2) is 29.3 Å². The van der Waals surface area contributed by atoms with Crippen LogP contribution in [0.5, 0.6) is 0 Å². The summed E-state index contributed by atoms with van der Waals surface area (Å²) in [7, 11) is 1.80. The number of carboxylic acids is 1. The quantitative estimate of drug-likeness (QED) is 0.882. The van der Waals surface area contributed by atoms with E-state index in [0.29, 0.717) is 5.69 Å². The second kappa shape index (κ2) is 5.03. The molecule has 20 heavy (non-hydrogen) atoms. The zero-order valence-electron chi connectivity index (χ0n) is 11.5. The molecule has 0 atom stereocenters. The lowest BCUT2D eigenvalue weighted by atomic mass is 10.3. The monoisotopic (exact) mass is 291 g/mol. The smallest absolute Gasteiger partial charge is 0.352 e. The maximum absolute atomic E-state index is 11.2. The van der Waals surface area contributed by atoms with Gasteiger partial charge in [-0.3, -0.25) is 0 Å². The maximum Gasteiger partial charge on any atom is 0.352 e. The molecule has 6 heteroatoms. The summed E-state index contributed by atoms with van der Waals surface area (Å²) in [5, 5.41) is 9.16. The molecule has 3 rings (SSSR count). The van der Waals surface area contributed by atoms with E-state index in [2.05, 4.69) is 27.2 Å². The molecule has 106 valence electrons. The number of hydrogen-bond donors (Lipinski definition) is 1. The molecule has 0 aromatic carbocycles. The van der Waals surface area contributed by atoms with Crippen molar-refractivity contribution >= 4 is 17.9 Å². The summed E-state index contributed by atoms with van der Waals surface area (Å²) < 4.78 is 6.28. The zero-order chi connectivity index (χ0) is 14.3. The highest BCUT2D eigenvalue weighted by Crippen LogP contribution is 2.31. The van der Waals surface area contributed by atoms with E-state index in [1.165, 1.54) is 5.69 Å². The Bertz CT molecular complexity index is 659. The van der Waals surface area contributed by atoms with Gasteiger partial charge in [0, 0.05) is 49.2 Å². The van der Waals surface area contributed by atoms with Crippen molar-refractivity contribution in [3.63, 3.8) is 0 Å². The Labute approximate surface area is 121 Å². The molecule has 1 aliphatic rings. The van der Waals surface area contributed by atoms with Gasteiger partial charge in [0.2, 0.25) is 0 Å². The lowest BCUT2D eigenvalue weighted by Gasteiger charge is -2.27. The third kappa shape index (κ3) is 2.25. The standard InChI is InChI=1S/C14H17N3O2S/c1-10-13(8-12(14(18)19)15(10)2)20-17-7-6-16-5-3-4-11(16)9-17/h3-5,8H,6-7,9H2,1-2H3,(H,18,19). The summed E-state index contributed by atoms with van der Waals surface area (Å²) in [5.41, 5.74) is 2.63. The first-order chi connectivity index (χ1) is 9.56. The largest absolute Gasteiger partial charge is 0.477 e. The molecule has 1 N–H and O–H groups in total. The van der Waals surface area contributed by atoms with Gasteiger partial charge in [0.1, 0.15) is 5.69 Å². The number of aromatic carboxylic acids is 1. The molecular weight excluding hydrogens is 274 g/mol. The van der Waals surface area contributed by atoms with Gasteiger partial charge >= 0.3 is 5.97 Å². The van der Waals surface area contributed by atoms with Crippen LogP contribution in [0, 0.1) is 6.92 Å². The van der Waals surface area contributed by atoms with Crippen molar-refractivity contribution in [2.24, 2.45) is 7.05 Å². The highest BCUT2D eigenvalue weighted by molar-refractivity contribution is 7.97. The number of aromatic nitrogens is 2. The fraction of sp³-hybridized carbons (Fsp3) is 0.357. The predicted octanol–water partition coefficient (Wildman–Crippen LogP) is 2.36. The summed E-state index contributed by atoms with van der Waals surface area (Å²) in [6.45, 7) is 4.78. The molecule has 2 aromatic heterocycles. The summed E-state index contributed by atoms with van der Waals surface area (Å²) in [5.74, 6) is -0.880. The van der Waals surface area contributed by atoms with E-state index in [4.69, 9.17) is 5.11 Å². The molecule has 5 nitrogen and oxygen atoms in total. The molecule has 3 heterocycles. The molecule has 1 aliphatic heterocycles. The van der Waals surface area contributed by atoms with E-state index >= 15 is 0 Å². The molecular formula is C14H17N3O2S. The number of fused-ring (bicyclic) bond motifs is 1. The average Bonchev–Trinajstić information content (AvgIpc) is 2.98. The van der Waals surface area contributed by atoms with E-state index in [-0.39, 0.29) is 0 Å². The molecule has 0 saturated carbocycles. The predicted molar refractivity (Wildman–Crippen MR) is 77.8 cm³/mol. The molecule has 0 fully saturated rings. The number of carbonyl (C=O) groups is 1. The van der Waals surface area contributed by atoms with E-state index in [9.17, 15) is 4.79 Å². The third-order valence-electron chi connectivity index (χ3n) is 3.79. The molecule has 0 bridgehead atoms. The average molecular weight is 291 g/mol. The second-order valence-corrected chi connectivity index (χ2v) is 6.13. The van der Waals surface area contributed by atoms with Gasteiger partial charge in [-0.15, -0.1) is 0 Å². The molecule has 0 unspecified atom stereocenters. The van der Waals surface area contributed by atoms with Crippen LogP contribution in [0.1, 0.15) is 21.9 Å². The Kier molecular flexibility index (Phi) is 3.35. The van der Waals surface area contributed by atoms with Crippen molar-refractivity contribution in [2.45, 2.75) is 24.9 Å². The van der Waals surface area contributed by atoms with Crippen molar-refractivity contribution in [1.82, 2.24) is 13.4 Å². The fourth-order valence-electron chi connectivity index (χ4n) is 2.48. The van der Waals surface area contributed by atoms with E-state index in [0.717, 1.165) is 30.2 Å². The molecule has 2 aromatic rings. The van der Waals surface area contributed by atoms with Gasteiger partial charge in [-0.1, -0.05) is 0 Å². The number of rotatable bonds is 3. The summed E-state index contributed by atoms with van der Waals surface area (Å²) >= 11 is 1.65. The van der Waals surface area contributed by atoms with Crippen LogP contribution in [0.4, 0.5) is 0 Å². The van der Waals surface area contributed by atoms with Gasteiger partial charge in [0.15, 0.2) is 0 Å². The van der Waals surface area contributed by atoms with Crippen LogP contribution in [-0.2, 0) is 20.1 Å². The van der Waals surface area contributed by atoms with Gasteiger partial charge in [-0.05, 0) is 37.1 Å². The number of carboxylic acid groups (broad SMARTS) is 1. The van der Waals surface area contributed by atoms with Gasteiger partial charge < -0.3 is 14.2 Å². The SMILES string of the molecule is Cc1c(SN2CCn3cccc3C2)cc(C(=O)O)n1C. The second-order valence-electron chi connectivity index (χ2n) is 4.99. The van der Waals surface area contributed by atoms with Crippen molar-refractivity contribution in [2.75, 3.05) is 6.54 Å². The minimum Gasteiger partial charge on any atom is -0.477 e. The van der Waals surface area contributed by atoms with E-state index in [1.807, 2.05) is 6.92 Å². The molecule has 0 radical (unpaired) electrons. The Morgan fingerprint density at radius 2 is 2.20 bits per heavy atom. The van der Waals surface area contributed by atoms with Crippen molar-refractivity contribution in [3.8, 4) is 0 Å². The van der Waals surface area contributed by atoms with Gasteiger partial charge in [0.25, 0.3) is 0 Å². The fourth-order valence-corrected chi connectivity index (χ4v) is 3.56.